The highest BCUT2D eigenvalue weighted by molar-refractivity contribution is 5.52. The first kappa shape index (κ1) is 11.1. The number of anilines is 1. The fourth-order valence-corrected chi connectivity index (χ4v) is 1.22. The van der Waals surface area contributed by atoms with Crippen LogP contribution in [0.25, 0.3) is 0 Å². The molecule has 0 amide bonds. The third-order valence-corrected chi connectivity index (χ3v) is 1.96. The molecule has 0 saturated heterocycles. The van der Waals surface area contributed by atoms with Crippen molar-refractivity contribution in [3.63, 3.8) is 0 Å². The first-order chi connectivity index (χ1) is 7.17. The van der Waals surface area contributed by atoms with Crippen molar-refractivity contribution in [1.29, 1.82) is 5.26 Å². The van der Waals surface area contributed by atoms with Crippen molar-refractivity contribution >= 4 is 5.82 Å². The largest absolute Gasteiger partial charge is 0.366 e. The Morgan fingerprint density at radius 3 is 2.93 bits per heavy atom. The Kier molecular flexibility index (Phi) is 3.71. The fourth-order valence-electron chi connectivity index (χ4n) is 1.22. The summed E-state index contributed by atoms with van der Waals surface area (Å²) in [5.41, 5.74) is 1.42. The van der Waals surface area contributed by atoms with Gasteiger partial charge in [0, 0.05) is 18.2 Å². The Morgan fingerprint density at radius 1 is 1.60 bits per heavy atom. The molecule has 0 fully saturated rings. The first-order valence-corrected chi connectivity index (χ1v) is 4.75. The van der Waals surface area contributed by atoms with Gasteiger partial charge in [-0.05, 0) is 26.0 Å². The Balaban J connectivity index is 2.89. The van der Waals surface area contributed by atoms with Gasteiger partial charge in [0.2, 0.25) is 0 Å². The van der Waals surface area contributed by atoms with Gasteiger partial charge in [0.25, 0.3) is 0 Å². The van der Waals surface area contributed by atoms with Crippen LogP contribution in [0, 0.1) is 30.6 Å². The molecule has 0 aliphatic carbocycles. The van der Waals surface area contributed by atoms with Crippen LogP contribution in [0.2, 0.25) is 0 Å². The Bertz CT molecular complexity index is 423. The minimum Gasteiger partial charge on any atom is -0.366 e. The van der Waals surface area contributed by atoms with E-state index in [0.29, 0.717) is 17.8 Å². The highest BCUT2D eigenvalue weighted by Crippen LogP contribution is 2.13. The second-order valence-corrected chi connectivity index (χ2v) is 3.41. The maximum Gasteiger partial charge on any atom is 0.144 e. The van der Waals surface area contributed by atoms with Gasteiger partial charge in [0.05, 0.1) is 5.56 Å². The van der Waals surface area contributed by atoms with Crippen molar-refractivity contribution in [2.45, 2.75) is 26.3 Å². The zero-order valence-corrected chi connectivity index (χ0v) is 8.91. The number of nitrogens with one attached hydrogen (secondary N) is 1. The molecule has 0 bridgehead atoms. The molecule has 1 rings (SSSR count). The van der Waals surface area contributed by atoms with Crippen LogP contribution in [0.1, 0.15) is 24.6 Å². The van der Waals surface area contributed by atoms with Gasteiger partial charge in [-0.2, -0.15) is 5.26 Å². The minimum atomic E-state index is 0.122. The average Bonchev–Trinajstić information content (AvgIpc) is 2.18. The summed E-state index contributed by atoms with van der Waals surface area (Å²) in [6, 6.07) is 5.79. The third-order valence-electron chi connectivity index (χ3n) is 1.96. The van der Waals surface area contributed by atoms with Crippen LogP contribution in [-0.2, 0) is 0 Å². The summed E-state index contributed by atoms with van der Waals surface area (Å²) in [7, 11) is 0. The molecule has 0 radical (unpaired) electrons. The SMILES string of the molecule is C#CCC(C)Nc1nc(C)ccc1C#N. The van der Waals surface area contributed by atoms with Gasteiger partial charge in [-0.25, -0.2) is 4.98 Å². The van der Waals surface area contributed by atoms with Gasteiger partial charge >= 0.3 is 0 Å². The molecule has 1 aromatic heterocycles. The monoisotopic (exact) mass is 199 g/mol. The summed E-state index contributed by atoms with van der Waals surface area (Å²) in [4.78, 5) is 4.26. The molecule has 1 heterocycles. The summed E-state index contributed by atoms with van der Waals surface area (Å²) in [6.45, 7) is 3.85. The van der Waals surface area contributed by atoms with Crippen LogP contribution >= 0.6 is 0 Å². The highest BCUT2D eigenvalue weighted by Gasteiger charge is 2.06. The topological polar surface area (TPSA) is 48.7 Å². The number of nitrogens with zero attached hydrogens (tertiary/aromatic N) is 2. The first-order valence-electron chi connectivity index (χ1n) is 4.75. The van der Waals surface area contributed by atoms with E-state index in [1.54, 1.807) is 6.07 Å². The molecule has 1 atom stereocenters. The number of aromatic nitrogens is 1. The van der Waals surface area contributed by atoms with Crippen LogP contribution in [0.15, 0.2) is 12.1 Å². The molecular formula is C12H13N3. The van der Waals surface area contributed by atoms with Gasteiger partial charge in [-0.1, -0.05) is 0 Å². The van der Waals surface area contributed by atoms with E-state index in [4.69, 9.17) is 11.7 Å². The summed E-state index contributed by atoms with van der Waals surface area (Å²) in [5.74, 6) is 3.18. The van der Waals surface area contributed by atoms with Crippen molar-refractivity contribution in [2.75, 3.05) is 5.32 Å². The highest BCUT2D eigenvalue weighted by atomic mass is 15.0. The lowest BCUT2D eigenvalue weighted by molar-refractivity contribution is 0.819. The van der Waals surface area contributed by atoms with E-state index in [1.165, 1.54) is 0 Å². The number of aryl methyl sites for hydroxylation is 1. The maximum atomic E-state index is 8.88. The molecule has 3 nitrogen and oxygen atoms in total. The van der Waals surface area contributed by atoms with Gasteiger partial charge in [-0.3, -0.25) is 0 Å². The summed E-state index contributed by atoms with van der Waals surface area (Å²) < 4.78 is 0. The normalized spacial score (nSPS) is 11.2. The third kappa shape index (κ3) is 3.00. The van der Waals surface area contributed by atoms with Crippen molar-refractivity contribution in [1.82, 2.24) is 4.98 Å². The van der Waals surface area contributed by atoms with E-state index in [9.17, 15) is 0 Å². The average molecular weight is 199 g/mol. The van der Waals surface area contributed by atoms with Crippen molar-refractivity contribution < 1.29 is 0 Å². The van der Waals surface area contributed by atoms with Crippen LogP contribution in [0.3, 0.4) is 0 Å². The number of nitriles is 1. The molecule has 3 heteroatoms. The second kappa shape index (κ2) is 5.02. The van der Waals surface area contributed by atoms with E-state index >= 15 is 0 Å². The molecule has 0 aliphatic heterocycles. The minimum absolute atomic E-state index is 0.122. The smallest absolute Gasteiger partial charge is 0.144 e. The summed E-state index contributed by atoms with van der Waals surface area (Å²) in [6.07, 6.45) is 5.82. The fraction of sp³-hybridized carbons (Fsp3) is 0.333. The molecule has 1 N–H and O–H groups in total. The molecule has 1 aromatic rings. The van der Waals surface area contributed by atoms with Gasteiger partial charge in [0.15, 0.2) is 0 Å². The number of rotatable bonds is 3. The lowest BCUT2D eigenvalue weighted by atomic mass is 10.2. The van der Waals surface area contributed by atoms with Crippen molar-refractivity contribution in [3.8, 4) is 18.4 Å². The number of terminal acetylenes is 1. The Morgan fingerprint density at radius 2 is 2.33 bits per heavy atom. The van der Waals surface area contributed by atoms with Crippen LogP contribution in [0.5, 0.6) is 0 Å². The molecule has 1 unspecified atom stereocenters. The Labute approximate surface area is 90.1 Å². The lowest BCUT2D eigenvalue weighted by Gasteiger charge is -2.12. The summed E-state index contributed by atoms with van der Waals surface area (Å²) in [5, 5.41) is 12.0. The number of hydrogen-bond donors (Lipinski definition) is 1. The molecule has 15 heavy (non-hydrogen) atoms. The Hall–Kier alpha value is -2.00. The molecule has 0 saturated carbocycles. The number of pyridine rings is 1. The van der Waals surface area contributed by atoms with Crippen LogP contribution in [-0.4, -0.2) is 11.0 Å². The van der Waals surface area contributed by atoms with Crippen molar-refractivity contribution in [2.24, 2.45) is 0 Å². The van der Waals surface area contributed by atoms with Crippen LogP contribution < -0.4 is 5.32 Å². The molecule has 0 aromatic carbocycles. The standard InChI is InChI=1S/C12H13N3/c1-4-5-9(2)14-12-11(8-13)7-6-10(3)15-12/h1,6-7,9H,5H2,2-3H3,(H,14,15). The van der Waals surface area contributed by atoms with E-state index < -0.39 is 0 Å². The van der Waals surface area contributed by atoms with Crippen LogP contribution in [0.4, 0.5) is 5.82 Å². The number of hydrogen-bond acceptors (Lipinski definition) is 3. The predicted octanol–water partition coefficient (Wildman–Crippen LogP) is 2.09. The van der Waals surface area contributed by atoms with Gasteiger partial charge in [-0.15, -0.1) is 12.3 Å². The van der Waals surface area contributed by atoms with Gasteiger partial charge < -0.3 is 5.32 Å². The molecular weight excluding hydrogens is 186 g/mol. The zero-order valence-electron chi connectivity index (χ0n) is 8.91. The lowest BCUT2D eigenvalue weighted by Crippen LogP contribution is -2.16. The molecule has 0 spiro atoms. The second-order valence-electron chi connectivity index (χ2n) is 3.41. The molecule has 0 aliphatic rings. The van der Waals surface area contributed by atoms with E-state index in [2.05, 4.69) is 22.3 Å². The maximum absolute atomic E-state index is 8.88. The van der Waals surface area contributed by atoms with E-state index in [0.717, 1.165) is 5.69 Å². The van der Waals surface area contributed by atoms with Gasteiger partial charge in [0.1, 0.15) is 11.9 Å². The molecule has 76 valence electrons. The van der Waals surface area contributed by atoms with E-state index in [1.807, 2.05) is 19.9 Å². The zero-order chi connectivity index (χ0) is 11.3. The van der Waals surface area contributed by atoms with Crippen molar-refractivity contribution in [3.05, 3.63) is 23.4 Å². The van der Waals surface area contributed by atoms with E-state index in [-0.39, 0.29) is 6.04 Å². The summed E-state index contributed by atoms with van der Waals surface area (Å²) >= 11 is 0. The predicted molar refractivity (Wildman–Crippen MR) is 60.2 cm³/mol. The quantitative estimate of drug-likeness (QED) is 0.758.